The average Bonchev–Trinajstić information content (AvgIpc) is 3.52. The van der Waals surface area contributed by atoms with Gasteiger partial charge >= 0.3 is 5.69 Å². The Labute approximate surface area is 194 Å². The Bertz CT molecular complexity index is 1370. The molecule has 1 amide bonds. The molecule has 8 nitrogen and oxygen atoms in total. The molecular weight excluding hydrogens is 442 g/mol. The highest BCUT2D eigenvalue weighted by Gasteiger charge is 2.31. The first-order valence-corrected chi connectivity index (χ1v) is 11.2. The molecular formula is C24H22ClN5O3. The molecule has 0 atom stereocenters. The second-order valence-corrected chi connectivity index (χ2v) is 8.41. The van der Waals surface area contributed by atoms with Gasteiger partial charge in [-0.1, -0.05) is 53.2 Å². The molecule has 0 bridgehead atoms. The monoisotopic (exact) mass is 463 g/mol. The van der Waals surface area contributed by atoms with E-state index in [4.69, 9.17) is 16.1 Å². The highest BCUT2D eigenvalue weighted by atomic mass is 35.5. The second-order valence-electron chi connectivity index (χ2n) is 8.01. The van der Waals surface area contributed by atoms with Gasteiger partial charge in [0.2, 0.25) is 0 Å². The molecule has 33 heavy (non-hydrogen) atoms. The van der Waals surface area contributed by atoms with E-state index in [1.807, 2.05) is 36.4 Å². The van der Waals surface area contributed by atoms with Crippen LogP contribution in [0.25, 0.3) is 16.9 Å². The van der Waals surface area contributed by atoms with Crippen LogP contribution in [0.4, 0.5) is 0 Å². The Morgan fingerprint density at radius 1 is 1.15 bits per heavy atom. The van der Waals surface area contributed by atoms with Gasteiger partial charge in [0.25, 0.3) is 5.91 Å². The summed E-state index contributed by atoms with van der Waals surface area (Å²) >= 11 is 6.28. The van der Waals surface area contributed by atoms with Crippen LogP contribution >= 0.6 is 11.6 Å². The molecule has 168 valence electrons. The van der Waals surface area contributed by atoms with Gasteiger partial charge in [-0.25, -0.2) is 14.0 Å². The molecule has 9 heteroatoms. The van der Waals surface area contributed by atoms with Crippen LogP contribution in [-0.4, -0.2) is 32.0 Å². The maximum atomic E-state index is 13.1. The van der Waals surface area contributed by atoms with Gasteiger partial charge in [-0.15, -0.1) is 0 Å². The molecule has 0 radical (unpaired) electrons. The highest BCUT2D eigenvalue weighted by Crippen LogP contribution is 2.39. The van der Waals surface area contributed by atoms with E-state index in [0.717, 1.165) is 24.4 Å². The number of rotatable bonds is 7. The summed E-state index contributed by atoms with van der Waals surface area (Å²) in [6.07, 6.45) is 2.05. The van der Waals surface area contributed by atoms with E-state index >= 15 is 0 Å². The van der Waals surface area contributed by atoms with E-state index < -0.39 is 0 Å². The van der Waals surface area contributed by atoms with E-state index in [-0.39, 0.29) is 24.7 Å². The van der Waals surface area contributed by atoms with Crippen LogP contribution in [0.1, 0.15) is 40.7 Å². The minimum absolute atomic E-state index is 0.213. The molecule has 0 spiro atoms. The summed E-state index contributed by atoms with van der Waals surface area (Å²) in [6, 6.07) is 16.6. The van der Waals surface area contributed by atoms with Crippen molar-refractivity contribution < 1.29 is 9.32 Å². The standard InChI is InChI=1S/C24H22ClN5O3/c1-15-20(21(28-33-15)18-9-5-6-10-19(18)25)23(31)26-13-14-29-24(32)30(17-7-3-2-4-8-17)22(27-29)16-11-12-16/h2-10,16H,11-14H2,1H3,(H,26,31). The molecule has 5 rings (SSSR count). The Morgan fingerprint density at radius 2 is 1.88 bits per heavy atom. The summed E-state index contributed by atoms with van der Waals surface area (Å²) in [5.74, 6) is 1.12. The number of para-hydroxylation sites is 1. The first kappa shape index (κ1) is 21.2. The number of nitrogens with zero attached hydrogens (tertiary/aromatic N) is 4. The summed E-state index contributed by atoms with van der Waals surface area (Å²) in [6.45, 7) is 2.15. The quantitative estimate of drug-likeness (QED) is 0.447. The van der Waals surface area contributed by atoms with Gasteiger partial charge < -0.3 is 9.84 Å². The van der Waals surface area contributed by atoms with Crippen molar-refractivity contribution in [3.05, 3.63) is 87.3 Å². The largest absolute Gasteiger partial charge is 0.360 e. The number of carbonyl (C=O) groups is 1. The smallest absolute Gasteiger partial charge is 0.350 e. The Morgan fingerprint density at radius 3 is 2.61 bits per heavy atom. The third-order valence-electron chi connectivity index (χ3n) is 5.65. The maximum Gasteiger partial charge on any atom is 0.350 e. The minimum Gasteiger partial charge on any atom is -0.360 e. The molecule has 4 aromatic rings. The zero-order chi connectivity index (χ0) is 22.9. The molecule has 1 aliphatic rings. The lowest BCUT2D eigenvalue weighted by molar-refractivity contribution is 0.0951. The van der Waals surface area contributed by atoms with Gasteiger partial charge in [0.05, 0.1) is 17.3 Å². The van der Waals surface area contributed by atoms with Gasteiger partial charge in [0.1, 0.15) is 22.8 Å². The first-order valence-electron chi connectivity index (χ1n) is 10.8. The fourth-order valence-corrected chi connectivity index (χ4v) is 4.06. The van der Waals surface area contributed by atoms with Crippen molar-refractivity contribution in [2.24, 2.45) is 0 Å². The van der Waals surface area contributed by atoms with Gasteiger partial charge in [-0.2, -0.15) is 5.10 Å². The number of hydrogen-bond donors (Lipinski definition) is 1. The molecule has 1 saturated carbocycles. The van der Waals surface area contributed by atoms with Gasteiger partial charge in [-0.3, -0.25) is 4.79 Å². The van der Waals surface area contributed by atoms with Crippen LogP contribution in [0, 0.1) is 6.92 Å². The van der Waals surface area contributed by atoms with Crippen LogP contribution in [0.3, 0.4) is 0 Å². The number of carbonyl (C=O) groups excluding carboxylic acids is 1. The lowest BCUT2D eigenvalue weighted by Crippen LogP contribution is -2.32. The number of amides is 1. The number of benzene rings is 2. The van der Waals surface area contributed by atoms with Crippen molar-refractivity contribution in [2.45, 2.75) is 32.2 Å². The summed E-state index contributed by atoms with van der Waals surface area (Å²) in [7, 11) is 0. The highest BCUT2D eigenvalue weighted by molar-refractivity contribution is 6.33. The zero-order valence-corrected chi connectivity index (χ0v) is 18.7. The van der Waals surface area contributed by atoms with Crippen LogP contribution in [-0.2, 0) is 6.54 Å². The number of aryl methyl sites for hydroxylation is 1. The molecule has 0 saturated heterocycles. The average molecular weight is 464 g/mol. The van der Waals surface area contributed by atoms with E-state index in [9.17, 15) is 9.59 Å². The Kier molecular flexibility index (Phi) is 5.60. The van der Waals surface area contributed by atoms with Crippen LogP contribution in [0.5, 0.6) is 0 Å². The summed E-state index contributed by atoms with van der Waals surface area (Å²) in [5, 5.41) is 11.9. The molecule has 2 aromatic carbocycles. The molecule has 1 aliphatic carbocycles. The molecule has 0 unspecified atom stereocenters. The van der Waals surface area contributed by atoms with Gasteiger partial charge in [0.15, 0.2) is 0 Å². The minimum atomic E-state index is -0.346. The summed E-state index contributed by atoms with van der Waals surface area (Å²) in [5.41, 5.74) is 1.91. The third kappa shape index (κ3) is 4.09. The number of hydrogen-bond acceptors (Lipinski definition) is 5. The Hall–Kier alpha value is -3.65. The zero-order valence-electron chi connectivity index (χ0n) is 18.0. The topological polar surface area (TPSA) is 94.9 Å². The van der Waals surface area contributed by atoms with Crippen molar-refractivity contribution in [3.8, 4) is 16.9 Å². The van der Waals surface area contributed by atoms with E-state index in [1.165, 1.54) is 4.68 Å². The predicted molar refractivity (Wildman–Crippen MR) is 124 cm³/mol. The summed E-state index contributed by atoms with van der Waals surface area (Å²) in [4.78, 5) is 26.0. The lowest BCUT2D eigenvalue weighted by Gasteiger charge is -2.06. The van der Waals surface area contributed by atoms with Gasteiger partial charge in [-0.05, 0) is 38.0 Å². The third-order valence-corrected chi connectivity index (χ3v) is 5.98. The van der Waals surface area contributed by atoms with Crippen molar-refractivity contribution in [1.82, 2.24) is 24.8 Å². The van der Waals surface area contributed by atoms with Crippen LogP contribution < -0.4 is 11.0 Å². The van der Waals surface area contributed by atoms with Crippen molar-refractivity contribution in [1.29, 1.82) is 0 Å². The second kappa shape index (κ2) is 8.71. The molecule has 1 fully saturated rings. The number of nitrogens with one attached hydrogen (secondary N) is 1. The first-order chi connectivity index (χ1) is 16.0. The molecule has 2 aromatic heterocycles. The Balaban J connectivity index is 1.35. The maximum absolute atomic E-state index is 13.1. The van der Waals surface area contributed by atoms with Crippen molar-refractivity contribution in [3.63, 3.8) is 0 Å². The van der Waals surface area contributed by atoms with Crippen molar-refractivity contribution in [2.75, 3.05) is 6.54 Å². The molecule has 0 aliphatic heterocycles. The fraction of sp³-hybridized carbons (Fsp3) is 0.250. The number of halogens is 1. The summed E-state index contributed by atoms with van der Waals surface area (Å²) < 4.78 is 8.35. The van der Waals surface area contributed by atoms with Crippen molar-refractivity contribution >= 4 is 17.5 Å². The van der Waals surface area contributed by atoms with Crippen LogP contribution in [0.2, 0.25) is 5.02 Å². The van der Waals surface area contributed by atoms with Gasteiger partial charge in [0, 0.05) is 18.0 Å². The van der Waals surface area contributed by atoms with E-state index in [0.29, 0.717) is 33.5 Å². The predicted octanol–water partition coefficient (Wildman–Crippen LogP) is 3.96. The molecule has 1 N–H and O–H groups in total. The van der Waals surface area contributed by atoms with E-state index in [1.54, 1.807) is 29.7 Å². The molecule has 2 heterocycles. The normalized spacial score (nSPS) is 13.3. The van der Waals surface area contributed by atoms with Crippen LogP contribution in [0.15, 0.2) is 63.9 Å². The number of aromatic nitrogens is 4. The van der Waals surface area contributed by atoms with E-state index in [2.05, 4.69) is 15.6 Å². The SMILES string of the molecule is Cc1onc(-c2ccccc2Cl)c1C(=O)NCCn1nc(C2CC2)n(-c2ccccc2)c1=O. The fourth-order valence-electron chi connectivity index (χ4n) is 3.84. The lowest BCUT2D eigenvalue weighted by atomic mass is 10.1.